The summed E-state index contributed by atoms with van der Waals surface area (Å²) >= 11 is 0. The van der Waals surface area contributed by atoms with Gasteiger partial charge in [0.05, 0.1) is 0 Å². The summed E-state index contributed by atoms with van der Waals surface area (Å²) in [4.78, 5) is 11.9. The predicted octanol–water partition coefficient (Wildman–Crippen LogP) is 3.57. The fourth-order valence-corrected chi connectivity index (χ4v) is 1.80. The van der Waals surface area contributed by atoms with E-state index in [9.17, 15) is 4.79 Å². The average Bonchev–Trinajstić information content (AvgIpc) is 2.47. The Bertz CT molecular complexity index is 515. The lowest BCUT2D eigenvalue weighted by Gasteiger charge is -2.08. The minimum absolute atomic E-state index is 0.0112. The highest BCUT2D eigenvalue weighted by molar-refractivity contribution is 5.99. The third-order valence-corrected chi connectivity index (χ3v) is 3.00. The molecule has 92 valence electrons. The molecule has 2 aromatic carbocycles. The Kier molecular flexibility index (Phi) is 3.90. The van der Waals surface area contributed by atoms with E-state index in [0.717, 1.165) is 11.1 Å². The van der Waals surface area contributed by atoms with Gasteiger partial charge in [-0.3, -0.25) is 4.79 Å². The number of hydrogen-bond donors (Lipinski definition) is 0. The highest BCUT2D eigenvalue weighted by Crippen LogP contribution is 2.19. The minimum atomic E-state index is -0.396. The summed E-state index contributed by atoms with van der Waals surface area (Å²) in [5.74, 6) is 0.0112. The van der Waals surface area contributed by atoms with Gasteiger partial charge in [0, 0.05) is 12.7 Å². The first-order chi connectivity index (χ1) is 8.72. The number of ether oxygens (including phenoxy) is 1. The van der Waals surface area contributed by atoms with Crippen LogP contribution in [-0.2, 0) is 4.74 Å². The molecule has 0 fully saturated rings. The number of carbonyl (C=O) groups excluding carboxylic acids is 1. The van der Waals surface area contributed by atoms with Crippen molar-refractivity contribution < 1.29 is 9.53 Å². The first-order valence-corrected chi connectivity index (χ1v) is 5.95. The monoisotopic (exact) mass is 240 g/mol. The third-order valence-electron chi connectivity index (χ3n) is 3.00. The lowest BCUT2D eigenvalue weighted by Crippen LogP contribution is -2.18. The Morgan fingerprint density at radius 1 is 0.944 bits per heavy atom. The summed E-state index contributed by atoms with van der Waals surface area (Å²) in [6.07, 6.45) is -0.396. The first kappa shape index (κ1) is 12.5. The summed E-state index contributed by atoms with van der Waals surface area (Å²) in [7, 11) is 1.54. The molecule has 0 bridgehead atoms. The molecule has 2 aromatic rings. The quantitative estimate of drug-likeness (QED) is 0.764. The first-order valence-electron chi connectivity index (χ1n) is 5.95. The van der Waals surface area contributed by atoms with Gasteiger partial charge in [0.1, 0.15) is 6.10 Å². The highest BCUT2D eigenvalue weighted by Gasteiger charge is 2.13. The number of ketones is 1. The van der Waals surface area contributed by atoms with Crippen LogP contribution in [0, 0.1) is 0 Å². The normalized spacial score (nSPS) is 12.1. The molecule has 0 saturated carbocycles. The zero-order valence-electron chi connectivity index (χ0n) is 10.6. The van der Waals surface area contributed by atoms with Gasteiger partial charge in [-0.15, -0.1) is 0 Å². The van der Waals surface area contributed by atoms with Gasteiger partial charge in [-0.1, -0.05) is 54.6 Å². The average molecular weight is 240 g/mol. The van der Waals surface area contributed by atoms with Gasteiger partial charge < -0.3 is 4.74 Å². The molecule has 0 saturated heterocycles. The van der Waals surface area contributed by atoms with Crippen molar-refractivity contribution in [1.29, 1.82) is 0 Å². The van der Waals surface area contributed by atoms with Crippen LogP contribution in [0.15, 0.2) is 54.6 Å². The summed E-state index contributed by atoms with van der Waals surface area (Å²) in [6, 6.07) is 17.7. The minimum Gasteiger partial charge on any atom is -0.374 e. The van der Waals surface area contributed by atoms with Gasteiger partial charge in [0.25, 0.3) is 0 Å². The lowest BCUT2D eigenvalue weighted by molar-refractivity contribution is 0.0655. The van der Waals surface area contributed by atoms with Crippen molar-refractivity contribution in [2.45, 2.75) is 13.0 Å². The van der Waals surface area contributed by atoms with Crippen molar-refractivity contribution in [3.8, 4) is 11.1 Å². The number of hydrogen-bond acceptors (Lipinski definition) is 2. The van der Waals surface area contributed by atoms with Crippen LogP contribution in [0.2, 0.25) is 0 Å². The number of methoxy groups -OCH3 is 1. The summed E-state index contributed by atoms with van der Waals surface area (Å²) in [5, 5.41) is 0. The molecule has 18 heavy (non-hydrogen) atoms. The molecule has 0 aliphatic carbocycles. The van der Waals surface area contributed by atoms with Crippen LogP contribution in [0.5, 0.6) is 0 Å². The van der Waals surface area contributed by atoms with Crippen LogP contribution in [0.4, 0.5) is 0 Å². The fourth-order valence-electron chi connectivity index (χ4n) is 1.80. The number of Topliss-reactive ketones (excluding diaryl/α,β-unsaturated/α-hetero) is 1. The maximum atomic E-state index is 11.9. The van der Waals surface area contributed by atoms with Crippen molar-refractivity contribution in [3.05, 3.63) is 60.2 Å². The Labute approximate surface area is 107 Å². The van der Waals surface area contributed by atoms with Crippen molar-refractivity contribution in [1.82, 2.24) is 0 Å². The zero-order valence-corrected chi connectivity index (χ0v) is 10.6. The van der Waals surface area contributed by atoms with Crippen molar-refractivity contribution >= 4 is 5.78 Å². The van der Waals surface area contributed by atoms with E-state index in [1.807, 2.05) is 42.5 Å². The Balaban J connectivity index is 2.23. The molecule has 0 heterocycles. The van der Waals surface area contributed by atoms with Gasteiger partial charge in [-0.05, 0) is 18.1 Å². The van der Waals surface area contributed by atoms with Crippen molar-refractivity contribution in [3.63, 3.8) is 0 Å². The smallest absolute Gasteiger partial charge is 0.191 e. The van der Waals surface area contributed by atoms with Gasteiger partial charge in [-0.2, -0.15) is 0 Å². The largest absolute Gasteiger partial charge is 0.374 e. The second kappa shape index (κ2) is 5.61. The molecule has 0 aliphatic rings. The lowest BCUT2D eigenvalue weighted by atomic mass is 10.0. The van der Waals surface area contributed by atoms with E-state index in [4.69, 9.17) is 4.74 Å². The summed E-state index contributed by atoms with van der Waals surface area (Å²) in [5.41, 5.74) is 2.94. The topological polar surface area (TPSA) is 26.3 Å². The van der Waals surface area contributed by atoms with E-state index >= 15 is 0 Å². The molecule has 2 heteroatoms. The molecular weight excluding hydrogens is 224 g/mol. The standard InChI is InChI=1S/C16H16O2/c1-12(18-2)16(17)15-10-8-14(9-11-15)13-6-4-3-5-7-13/h3-12H,1-2H3. The molecule has 0 amide bonds. The van der Waals surface area contributed by atoms with Crippen molar-refractivity contribution in [2.24, 2.45) is 0 Å². The molecule has 1 unspecified atom stereocenters. The van der Waals surface area contributed by atoms with E-state index < -0.39 is 6.10 Å². The van der Waals surface area contributed by atoms with Crippen LogP contribution < -0.4 is 0 Å². The molecule has 0 aliphatic heterocycles. The van der Waals surface area contributed by atoms with E-state index in [1.54, 1.807) is 14.0 Å². The molecule has 2 rings (SSSR count). The van der Waals surface area contributed by atoms with Crippen LogP contribution in [0.1, 0.15) is 17.3 Å². The Morgan fingerprint density at radius 2 is 1.50 bits per heavy atom. The van der Waals surface area contributed by atoms with Crippen LogP contribution >= 0.6 is 0 Å². The van der Waals surface area contributed by atoms with E-state index in [2.05, 4.69) is 12.1 Å². The predicted molar refractivity (Wildman–Crippen MR) is 72.7 cm³/mol. The molecule has 0 spiro atoms. The van der Waals surface area contributed by atoms with Gasteiger partial charge in [0.2, 0.25) is 0 Å². The summed E-state index contributed by atoms with van der Waals surface area (Å²) < 4.78 is 5.03. The van der Waals surface area contributed by atoms with Crippen molar-refractivity contribution in [2.75, 3.05) is 7.11 Å². The number of rotatable bonds is 4. The molecule has 0 aromatic heterocycles. The third kappa shape index (κ3) is 2.66. The van der Waals surface area contributed by atoms with E-state index in [0.29, 0.717) is 5.56 Å². The Hall–Kier alpha value is -1.93. The second-order valence-electron chi connectivity index (χ2n) is 4.19. The van der Waals surface area contributed by atoms with Gasteiger partial charge in [-0.25, -0.2) is 0 Å². The molecule has 1 atom stereocenters. The number of benzene rings is 2. The number of carbonyl (C=O) groups is 1. The summed E-state index contributed by atoms with van der Waals surface area (Å²) in [6.45, 7) is 1.76. The van der Waals surface area contributed by atoms with E-state index in [-0.39, 0.29) is 5.78 Å². The zero-order chi connectivity index (χ0) is 13.0. The maximum Gasteiger partial charge on any atom is 0.191 e. The highest BCUT2D eigenvalue weighted by atomic mass is 16.5. The van der Waals surface area contributed by atoms with Crippen LogP contribution in [0.3, 0.4) is 0 Å². The van der Waals surface area contributed by atoms with E-state index in [1.165, 1.54) is 0 Å². The maximum absolute atomic E-state index is 11.9. The molecule has 0 N–H and O–H groups in total. The van der Waals surface area contributed by atoms with Crippen LogP contribution in [0.25, 0.3) is 11.1 Å². The molecule has 0 radical (unpaired) electrons. The van der Waals surface area contributed by atoms with Crippen LogP contribution in [-0.4, -0.2) is 19.0 Å². The van der Waals surface area contributed by atoms with Gasteiger partial charge >= 0.3 is 0 Å². The Morgan fingerprint density at radius 3 is 2.06 bits per heavy atom. The fraction of sp³-hybridized carbons (Fsp3) is 0.188. The SMILES string of the molecule is COC(C)C(=O)c1ccc(-c2ccccc2)cc1. The molecule has 2 nitrogen and oxygen atoms in total. The molecular formula is C16H16O2. The van der Waals surface area contributed by atoms with Gasteiger partial charge in [0.15, 0.2) is 5.78 Å². The second-order valence-corrected chi connectivity index (χ2v) is 4.19.